The van der Waals surface area contributed by atoms with Gasteiger partial charge in [-0.25, -0.2) is 4.79 Å². The number of carbonyl (C=O) groups excluding carboxylic acids is 8. The number of aliphatic hydroxyl groups excluding tert-OH is 1. The van der Waals surface area contributed by atoms with E-state index in [0.29, 0.717) is 71.2 Å². The Morgan fingerprint density at radius 1 is 0.739 bits per heavy atom. The lowest BCUT2D eigenvalue weighted by Gasteiger charge is -2.47. The Balaban J connectivity index is 0.708. The quantitative estimate of drug-likeness (QED) is 0.0543. The number of hydrogen-bond donors (Lipinski definition) is 6. The second kappa shape index (κ2) is 29.8. The van der Waals surface area contributed by atoms with Crippen LogP contribution in [0.25, 0.3) is 0 Å². The summed E-state index contributed by atoms with van der Waals surface area (Å²) in [7, 11) is 1.57. The topological polar surface area (TPSA) is 324 Å². The van der Waals surface area contributed by atoms with Crippen LogP contribution in [0.4, 0.5) is 4.79 Å². The average molecular weight is 1290 g/mol. The van der Waals surface area contributed by atoms with Gasteiger partial charge in [-0.3, -0.25) is 43.4 Å². The highest BCUT2D eigenvalue weighted by molar-refractivity contribution is 6.12. The summed E-state index contributed by atoms with van der Waals surface area (Å²) in [5.74, 6) is -4.00. The van der Waals surface area contributed by atoms with Crippen LogP contribution in [0.2, 0.25) is 0 Å². The first-order chi connectivity index (χ1) is 44.1. The van der Waals surface area contributed by atoms with E-state index < -0.39 is 90.5 Å². The molecule has 12 rings (SSSR count). The number of ketones is 1. The molecule has 7 N–H and O–H groups in total. The Bertz CT molecular complexity index is 2760. The third kappa shape index (κ3) is 15.8. The summed E-state index contributed by atoms with van der Waals surface area (Å²) in [6, 6.07) is -2.91. The number of ether oxygens (including phenoxy) is 9. The van der Waals surface area contributed by atoms with E-state index in [0.717, 1.165) is 48.2 Å². The highest BCUT2D eigenvalue weighted by atomic mass is 16.8. The first-order valence-corrected chi connectivity index (χ1v) is 33.9. The molecule has 2 unspecified atom stereocenters. The Hall–Kier alpha value is -5.26. The zero-order chi connectivity index (χ0) is 65.1. The first kappa shape index (κ1) is 68.1. The molecule has 1 spiro atoms. The molecule has 11 fully saturated rings. The highest BCUT2D eigenvalue weighted by Gasteiger charge is 2.69. The molecule has 12 heterocycles. The van der Waals surface area contributed by atoms with Crippen molar-refractivity contribution in [3.05, 3.63) is 36.5 Å². The Kier molecular flexibility index (Phi) is 22.1. The van der Waals surface area contributed by atoms with Crippen molar-refractivity contribution in [2.45, 2.75) is 252 Å². The molecule has 0 radical (unpaired) electrons. The van der Waals surface area contributed by atoms with Gasteiger partial charge in [-0.2, -0.15) is 0 Å². The molecular formula is C66H98N8O18. The molecular weight excluding hydrogens is 1190 g/mol. The van der Waals surface area contributed by atoms with Crippen molar-refractivity contribution in [1.82, 2.24) is 36.0 Å². The first-order valence-electron chi connectivity index (χ1n) is 33.9. The fraction of sp³-hybridized carbons (Fsp3) is 0.788. The molecule has 26 nitrogen and oxygen atoms in total. The van der Waals surface area contributed by atoms with E-state index in [1.165, 1.54) is 12.2 Å². The molecule has 12 bridgehead atoms. The molecule has 8 amide bonds. The number of imide groups is 1. The van der Waals surface area contributed by atoms with Crippen LogP contribution in [0.1, 0.15) is 136 Å². The van der Waals surface area contributed by atoms with E-state index in [1.807, 2.05) is 0 Å². The molecule has 21 atom stereocenters. The van der Waals surface area contributed by atoms with Gasteiger partial charge in [0.25, 0.3) is 11.8 Å². The monoisotopic (exact) mass is 1290 g/mol. The van der Waals surface area contributed by atoms with E-state index in [-0.39, 0.29) is 155 Å². The average Bonchev–Trinajstić information content (AvgIpc) is 1.55. The molecule has 0 aliphatic carbocycles. The number of fused-ring (bicyclic) bond motifs is 6. The molecule has 510 valence electrons. The van der Waals surface area contributed by atoms with Gasteiger partial charge in [0.15, 0.2) is 5.79 Å². The lowest BCUT2D eigenvalue weighted by Crippen LogP contribution is -2.61. The van der Waals surface area contributed by atoms with Crippen LogP contribution in [0.5, 0.6) is 0 Å². The van der Waals surface area contributed by atoms with Gasteiger partial charge in [0.1, 0.15) is 48.4 Å². The Morgan fingerprint density at radius 3 is 2.21 bits per heavy atom. The molecule has 11 saturated heterocycles. The smallest absolute Gasteiger partial charge is 0.312 e. The molecule has 12 aliphatic rings. The SMILES string of the molecule is C=C1C[C@@H]2CC[C@@]34C[C@H]5OC6C(O[C@H]7CC[C@H](CC(=O)C[C@@H]8[C@@H](OC)[C@@H](C[C@H](O)CNC(=O)[C@H](CCCNC(N)=O)NC(=O)[C@@H](NC(=O)CCN9CCN(C(=O)CCCN%10C(=O)C=CC%10=O)CC9)C(C)C)O[C@H]8C[C@H]8O[C@@H](CC[C@@H]1O2)C[C@@H](C)C8=C)O[C@@H]7[C@@H]6O3)[C@H]5O4. The zero-order valence-electron chi connectivity index (χ0n) is 53.9. The van der Waals surface area contributed by atoms with E-state index in [1.54, 1.807) is 25.9 Å². The molecule has 26 heteroatoms. The van der Waals surface area contributed by atoms with E-state index in [2.05, 4.69) is 46.2 Å². The molecule has 0 aromatic heterocycles. The fourth-order valence-corrected chi connectivity index (χ4v) is 16.1. The molecule has 0 aromatic rings. The van der Waals surface area contributed by atoms with E-state index in [4.69, 9.17) is 48.4 Å². The maximum atomic E-state index is 14.6. The number of Topliss-reactive ketones (excluding diaryl/α,β-unsaturated/α-hetero) is 1. The van der Waals surface area contributed by atoms with Gasteiger partial charge < -0.3 is 79.6 Å². The van der Waals surface area contributed by atoms with Crippen LogP contribution < -0.4 is 27.0 Å². The van der Waals surface area contributed by atoms with Crippen LogP contribution in [0.3, 0.4) is 0 Å². The Morgan fingerprint density at radius 2 is 1.46 bits per heavy atom. The molecule has 92 heavy (non-hydrogen) atoms. The number of nitrogens with one attached hydrogen (secondary N) is 4. The normalized spacial score (nSPS) is 37.2. The van der Waals surface area contributed by atoms with Crippen molar-refractivity contribution in [3.63, 3.8) is 0 Å². The summed E-state index contributed by atoms with van der Waals surface area (Å²) in [4.78, 5) is 109. The van der Waals surface area contributed by atoms with Crippen molar-refractivity contribution in [1.29, 1.82) is 0 Å². The van der Waals surface area contributed by atoms with Crippen LogP contribution in [0, 0.1) is 17.8 Å². The van der Waals surface area contributed by atoms with Gasteiger partial charge in [0, 0.05) is 129 Å². The number of nitrogens with two attached hydrogens (primary N) is 1. The standard InChI is InChI=1S/C66H98N8O18/c1-35(2)56(71-52(77)18-22-72-23-25-73(26-24-72)53(78)10-8-21-74-54(79)15-16-55(74)80)64(82)70-45(9-7-20-68-65(67)83)63(81)69-34-40(76)31-50-57(84-6)44-30-39(75)29-42-12-14-47-58(87-42)62-61-60(89-47)59-51(90-61)33-66(91-59,92-62)19-17-43-28-37(4)46(85-43)13-11-41-27-36(3)38(5)48(86-41)32-49(44)88-50/h15-16,35-36,40-51,56-62,76H,4-5,7-14,17-34H2,1-3,6H3,(H,69,81)(H,70,82)(H,71,77)(H3,67,68,83)/t36-,40+,41+,42-,43+,44+,45+,46+,47+,48-,49+,50-,51-,56+,57-,58+,59+,60?,61?,62+,66+/m1/s1. The van der Waals surface area contributed by atoms with Crippen molar-refractivity contribution >= 4 is 47.3 Å². The number of aliphatic hydroxyl groups is 1. The summed E-state index contributed by atoms with van der Waals surface area (Å²) in [5.41, 5.74) is 7.35. The number of urea groups is 1. The predicted molar refractivity (Wildman–Crippen MR) is 328 cm³/mol. The number of methoxy groups -OCH3 is 1. The van der Waals surface area contributed by atoms with Crippen molar-refractivity contribution in [2.24, 2.45) is 23.5 Å². The van der Waals surface area contributed by atoms with Crippen LogP contribution in [0.15, 0.2) is 36.5 Å². The largest absolute Gasteiger partial charge is 0.391 e. The molecule has 0 saturated carbocycles. The maximum Gasteiger partial charge on any atom is 0.312 e. The number of hydrogen-bond acceptors (Lipinski definition) is 19. The van der Waals surface area contributed by atoms with Gasteiger partial charge in [0.05, 0.1) is 67.1 Å². The molecule has 12 aliphatic heterocycles. The van der Waals surface area contributed by atoms with Gasteiger partial charge >= 0.3 is 6.03 Å². The summed E-state index contributed by atoms with van der Waals surface area (Å²) in [6.45, 7) is 17.1. The van der Waals surface area contributed by atoms with Gasteiger partial charge in [-0.15, -0.1) is 0 Å². The summed E-state index contributed by atoms with van der Waals surface area (Å²) in [5, 5.41) is 22.8. The van der Waals surface area contributed by atoms with Crippen molar-refractivity contribution < 1.29 is 86.1 Å². The van der Waals surface area contributed by atoms with Crippen molar-refractivity contribution in [3.8, 4) is 0 Å². The maximum absolute atomic E-state index is 14.6. The van der Waals surface area contributed by atoms with Crippen LogP contribution in [-0.4, -0.2) is 242 Å². The van der Waals surface area contributed by atoms with Gasteiger partial charge in [-0.05, 0) is 87.2 Å². The van der Waals surface area contributed by atoms with Gasteiger partial charge in [0.2, 0.25) is 23.6 Å². The third-order valence-corrected chi connectivity index (χ3v) is 21.1. The second-order valence-electron chi connectivity index (χ2n) is 28.0. The number of rotatable bonds is 21. The molecule has 0 aromatic carbocycles. The minimum Gasteiger partial charge on any atom is -0.391 e. The lowest BCUT2D eigenvalue weighted by atomic mass is 9.81. The summed E-state index contributed by atoms with van der Waals surface area (Å²) in [6.07, 6.45) is 4.12. The van der Waals surface area contributed by atoms with Crippen LogP contribution >= 0.6 is 0 Å². The predicted octanol–water partition coefficient (Wildman–Crippen LogP) is 1.91. The van der Waals surface area contributed by atoms with E-state index in [9.17, 15) is 43.5 Å². The number of nitrogens with zero attached hydrogens (tertiary/aromatic N) is 3. The second-order valence-corrected chi connectivity index (χ2v) is 28.0. The van der Waals surface area contributed by atoms with Crippen molar-refractivity contribution in [2.75, 3.05) is 59.5 Å². The summed E-state index contributed by atoms with van der Waals surface area (Å²) < 4.78 is 61.0. The number of amides is 8. The van der Waals surface area contributed by atoms with E-state index >= 15 is 0 Å². The van der Waals surface area contributed by atoms with Gasteiger partial charge in [-0.1, -0.05) is 33.9 Å². The Labute approximate surface area is 538 Å². The third-order valence-electron chi connectivity index (χ3n) is 21.1. The fourth-order valence-electron chi connectivity index (χ4n) is 16.1. The number of piperazine rings is 1. The van der Waals surface area contributed by atoms with Crippen LogP contribution in [-0.2, 0) is 76.2 Å². The minimum absolute atomic E-state index is 0.0191. The summed E-state index contributed by atoms with van der Waals surface area (Å²) >= 11 is 0. The number of primary amides is 1. The zero-order valence-corrected chi connectivity index (χ0v) is 53.9. The number of carbonyl (C=O) groups is 8. The highest BCUT2D eigenvalue weighted by Crippen LogP contribution is 2.54. The lowest BCUT2D eigenvalue weighted by molar-refractivity contribution is -0.292. The minimum atomic E-state index is -1.17.